The van der Waals surface area contributed by atoms with Gasteiger partial charge in [0.05, 0.1) is 13.7 Å². The van der Waals surface area contributed by atoms with Crippen molar-refractivity contribution in [2.75, 3.05) is 19.0 Å². The molecule has 0 saturated carbocycles. The van der Waals surface area contributed by atoms with E-state index in [4.69, 9.17) is 15.2 Å². The van der Waals surface area contributed by atoms with Crippen LogP contribution < -0.4 is 20.5 Å². The number of guanidine groups is 1. The Bertz CT molecular complexity index is 693. The highest BCUT2D eigenvalue weighted by Gasteiger charge is 2.08. The molecule has 2 aromatic rings. The van der Waals surface area contributed by atoms with E-state index in [1.807, 2.05) is 43.3 Å². The highest BCUT2D eigenvalue weighted by atomic mass is 16.5. The summed E-state index contributed by atoms with van der Waals surface area (Å²) in [5.74, 6) is 1.77. The molecule has 0 radical (unpaired) electrons. The Kier molecular flexibility index (Phi) is 6.07. The van der Waals surface area contributed by atoms with Gasteiger partial charge in [-0.1, -0.05) is 18.2 Å². The van der Waals surface area contributed by atoms with Crippen LogP contribution in [-0.2, 0) is 0 Å². The van der Waals surface area contributed by atoms with Gasteiger partial charge in [-0.3, -0.25) is 0 Å². The van der Waals surface area contributed by atoms with E-state index in [9.17, 15) is 0 Å². The summed E-state index contributed by atoms with van der Waals surface area (Å²) in [5.41, 5.74) is 9.26. The lowest BCUT2D eigenvalue weighted by molar-refractivity contribution is 0.219. The number of hydrogen-bond acceptors (Lipinski definition) is 3. The van der Waals surface area contributed by atoms with Crippen molar-refractivity contribution >= 4 is 11.6 Å². The van der Waals surface area contributed by atoms with E-state index in [0.29, 0.717) is 24.0 Å². The first-order valence-corrected chi connectivity index (χ1v) is 7.93. The highest BCUT2D eigenvalue weighted by Crippen LogP contribution is 2.26. The Morgan fingerprint density at radius 1 is 1.12 bits per heavy atom. The van der Waals surface area contributed by atoms with Crippen LogP contribution in [0.3, 0.4) is 0 Å². The molecule has 0 aliphatic heterocycles. The van der Waals surface area contributed by atoms with Crippen molar-refractivity contribution < 1.29 is 9.47 Å². The number of para-hydroxylation sites is 2. The summed E-state index contributed by atoms with van der Waals surface area (Å²) >= 11 is 0. The molecule has 0 bridgehead atoms. The highest BCUT2D eigenvalue weighted by molar-refractivity contribution is 5.92. The molecule has 0 aliphatic rings. The first-order valence-electron chi connectivity index (χ1n) is 7.93. The van der Waals surface area contributed by atoms with Crippen molar-refractivity contribution in [1.29, 1.82) is 0 Å². The number of methoxy groups -OCH3 is 1. The minimum absolute atomic E-state index is 0.124. The molecule has 0 saturated heterocycles. The minimum atomic E-state index is -0.124. The van der Waals surface area contributed by atoms with Gasteiger partial charge in [-0.25, -0.2) is 4.99 Å². The third-order valence-corrected chi connectivity index (χ3v) is 3.41. The third kappa shape index (κ3) is 5.19. The molecule has 5 heteroatoms. The summed E-state index contributed by atoms with van der Waals surface area (Å²) in [7, 11) is 1.62. The molecule has 0 heterocycles. The zero-order valence-electron chi connectivity index (χ0n) is 14.7. The van der Waals surface area contributed by atoms with Gasteiger partial charge in [-0.05, 0) is 56.2 Å². The molecule has 5 nitrogen and oxygen atoms in total. The van der Waals surface area contributed by atoms with Crippen molar-refractivity contribution in [2.45, 2.75) is 26.9 Å². The van der Waals surface area contributed by atoms with Gasteiger partial charge in [-0.2, -0.15) is 0 Å². The van der Waals surface area contributed by atoms with Gasteiger partial charge >= 0.3 is 0 Å². The number of aryl methyl sites for hydroxylation is 2. The number of nitrogens with one attached hydrogen (secondary N) is 1. The van der Waals surface area contributed by atoms with Gasteiger partial charge in [0, 0.05) is 5.69 Å². The molecule has 24 heavy (non-hydrogen) atoms. The summed E-state index contributed by atoms with van der Waals surface area (Å²) < 4.78 is 11.1. The van der Waals surface area contributed by atoms with Gasteiger partial charge < -0.3 is 20.5 Å². The molecule has 0 spiro atoms. The van der Waals surface area contributed by atoms with Crippen LogP contribution in [0.25, 0.3) is 0 Å². The summed E-state index contributed by atoms with van der Waals surface area (Å²) in [5, 5.41) is 3.11. The molecule has 2 rings (SSSR count). The molecule has 1 atom stereocenters. The fourth-order valence-corrected chi connectivity index (χ4v) is 2.43. The maximum absolute atomic E-state index is 5.96. The van der Waals surface area contributed by atoms with Gasteiger partial charge in [0.1, 0.15) is 6.10 Å². The first-order chi connectivity index (χ1) is 11.5. The van der Waals surface area contributed by atoms with Gasteiger partial charge in [-0.15, -0.1) is 0 Å². The number of hydrogen-bond donors (Lipinski definition) is 2. The largest absolute Gasteiger partial charge is 0.493 e. The summed E-state index contributed by atoms with van der Waals surface area (Å²) in [4.78, 5) is 4.35. The molecule has 128 valence electrons. The average Bonchev–Trinajstić information content (AvgIpc) is 2.52. The Morgan fingerprint density at radius 3 is 2.38 bits per heavy atom. The molecule has 3 N–H and O–H groups in total. The van der Waals surface area contributed by atoms with Crippen LogP contribution in [0, 0.1) is 13.8 Å². The second-order valence-electron chi connectivity index (χ2n) is 5.81. The first kappa shape index (κ1) is 17.7. The Balaban J connectivity index is 1.93. The lowest BCUT2D eigenvalue weighted by Crippen LogP contribution is -2.25. The molecule has 2 aromatic carbocycles. The number of ether oxygens (including phenoxy) is 2. The molecule has 0 fully saturated rings. The van der Waals surface area contributed by atoms with E-state index in [0.717, 1.165) is 5.69 Å². The molecule has 0 aromatic heterocycles. The van der Waals surface area contributed by atoms with Crippen LogP contribution in [0.15, 0.2) is 47.5 Å². The van der Waals surface area contributed by atoms with Crippen molar-refractivity contribution in [3.63, 3.8) is 0 Å². The molecular weight excluding hydrogens is 302 g/mol. The van der Waals surface area contributed by atoms with Crippen molar-refractivity contribution in [3.05, 3.63) is 53.6 Å². The average molecular weight is 327 g/mol. The van der Waals surface area contributed by atoms with E-state index in [-0.39, 0.29) is 6.10 Å². The molecular formula is C19H25N3O2. The van der Waals surface area contributed by atoms with Gasteiger partial charge in [0.2, 0.25) is 0 Å². The summed E-state index contributed by atoms with van der Waals surface area (Å²) in [6, 6.07) is 13.7. The number of rotatable bonds is 6. The van der Waals surface area contributed by atoms with Crippen molar-refractivity contribution in [2.24, 2.45) is 10.7 Å². The van der Waals surface area contributed by atoms with Gasteiger partial charge in [0.15, 0.2) is 17.5 Å². The molecule has 0 aliphatic carbocycles. The van der Waals surface area contributed by atoms with E-state index in [1.165, 1.54) is 11.1 Å². The number of aliphatic imine (C=N–C) groups is 1. The maximum Gasteiger partial charge on any atom is 0.193 e. The smallest absolute Gasteiger partial charge is 0.193 e. The van der Waals surface area contributed by atoms with Crippen LogP contribution in [0.2, 0.25) is 0 Å². The van der Waals surface area contributed by atoms with Crippen LogP contribution >= 0.6 is 0 Å². The number of nitrogens with zero attached hydrogens (tertiary/aromatic N) is 1. The number of nitrogens with two attached hydrogens (primary N) is 1. The lowest BCUT2D eigenvalue weighted by Gasteiger charge is -2.15. The van der Waals surface area contributed by atoms with Crippen LogP contribution in [0.5, 0.6) is 11.5 Å². The zero-order valence-corrected chi connectivity index (χ0v) is 14.7. The van der Waals surface area contributed by atoms with Crippen LogP contribution in [0.4, 0.5) is 5.69 Å². The van der Waals surface area contributed by atoms with E-state index >= 15 is 0 Å². The SMILES string of the molecule is COc1ccccc1OC(C)CN=C(N)Nc1cc(C)cc(C)c1. The standard InChI is InChI=1S/C19H25N3O2/c1-13-9-14(2)11-16(10-13)22-19(20)21-12-15(3)24-18-8-6-5-7-17(18)23-4/h5-11,15H,12H2,1-4H3,(H3,20,21,22). The maximum atomic E-state index is 5.96. The van der Waals surface area contributed by atoms with E-state index in [1.54, 1.807) is 7.11 Å². The van der Waals surface area contributed by atoms with Crippen LogP contribution in [0.1, 0.15) is 18.1 Å². The molecule has 0 amide bonds. The second-order valence-corrected chi connectivity index (χ2v) is 5.81. The number of benzene rings is 2. The number of anilines is 1. The lowest BCUT2D eigenvalue weighted by atomic mass is 10.1. The predicted molar refractivity (Wildman–Crippen MR) is 99.1 cm³/mol. The minimum Gasteiger partial charge on any atom is -0.493 e. The second kappa shape index (κ2) is 8.24. The Labute approximate surface area is 143 Å². The monoisotopic (exact) mass is 327 g/mol. The fraction of sp³-hybridized carbons (Fsp3) is 0.316. The normalized spacial score (nSPS) is 12.6. The fourth-order valence-electron chi connectivity index (χ4n) is 2.43. The quantitative estimate of drug-likeness (QED) is 0.629. The van der Waals surface area contributed by atoms with Crippen LogP contribution in [-0.4, -0.2) is 25.7 Å². The van der Waals surface area contributed by atoms with E-state index < -0.39 is 0 Å². The summed E-state index contributed by atoms with van der Waals surface area (Å²) in [6.07, 6.45) is -0.124. The van der Waals surface area contributed by atoms with Crippen molar-refractivity contribution in [3.8, 4) is 11.5 Å². The summed E-state index contributed by atoms with van der Waals surface area (Å²) in [6.45, 7) is 6.49. The van der Waals surface area contributed by atoms with E-state index in [2.05, 4.69) is 30.2 Å². The third-order valence-electron chi connectivity index (χ3n) is 3.41. The predicted octanol–water partition coefficient (Wildman–Crippen LogP) is 3.51. The van der Waals surface area contributed by atoms with Crippen molar-refractivity contribution in [1.82, 2.24) is 0 Å². The zero-order chi connectivity index (χ0) is 17.5. The Morgan fingerprint density at radius 2 is 1.75 bits per heavy atom. The Hall–Kier alpha value is -2.69. The van der Waals surface area contributed by atoms with Gasteiger partial charge in [0.25, 0.3) is 0 Å². The topological polar surface area (TPSA) is 68.9 Å². The molecule has 1 unspecified atom stereocenters.